The van der Waals surface area contributed by atoms with Gasteiger partial charge in [0.2, 0.25) is 0 Å². The average Bonchev–Trinajstić information content (AvgIpc) is 2.63. The Balaban J connectivity index is 1.57. The van der Waals surface area contributed by atoms with Crippen LogP contribution in [-0.2, 0) is 6.18 Å². The number of benzene rings is 2. The normalized spacial score (nSPS) is 15.0. The molecule has 0 unspecified atom stereocenters. The number of alkyl halides is 3. The predicted octanol–water partition coefficient (Wildman–Crippen LogP) is 5.02. The summed E-state index contributed by atoms with van der Waals surface area (Å²) in [6.45, 7) is 3.94. The van der Waals surface area contributed by atoms with Crippen molar-refractivity contribution in [3.05, 3.63) is 58.6 Å². The van der Waals surface area contributed by atoms with Gasteiger partial charge < -0.3 is 15.1 Å². The lowest BCUT2D eigenvalue weighted by atomic mass is 10.1. The highest BCUT2D eigenvalue weighted by Crippen LogP contribution is 2.30. The third-order valence-electron chi connectivity index (χ3n) is 4.56. The highest BCUT2D eigenvalue weighted by atomic mass is 35.5. The molecule has 1 heterocycles. The number of halogens is 4. The number of nitrogens with zero attached hydrogens (tertiary/aromatic N) is 2. The standard InChI is InChI=1S/C19H19ClF3N3O/c1-13-12-15(20)4-7-17(13)24-18(27)26-10-8-25(9-11-26)16-5-2-14(3-6-16)19(21,22)23/h2-7,12H,8-11H2,1H3,(H,24,27). The van der Waals surface area contributed by atoms with Crippen LogP contribution in [0, 0.1) is 6.92 Å². The lowest BCUT2D eigenvalue weighted by Crippen LogP contribution is -2.50. The molecule has 1 aliphatic heterocycles. The molecular formula is C19H19ClF3N3O. The number of aryl methyl sites for hydroxylation is 1. The van der Waals surface area contributed by atoms with E-state index in [1.54, 1.807) is 23.1 Å². The Morgan fingerprint density at radius 3 is 2.22 bits per heavy atom. The minimum absolute atomic E-state index is 0.201. The Morgan fingerprint density at radius 1 is 1.04 bits per heavy atom. The lowest BCUT2D eigenvalue weighted by Gasteiger charge is -2.36. The molecule has 0 aromatic heterocycles. The number of carbonyl (C=O) groups excluding carboxylic acids is 1. The van der Waals surface area contributed by atoms with Crippen LogP contribution in [0.25, 0.3) is 0 Å². The zero-order valence-corrected chi connectivity index (χ0v) is 15.4. The maximum absolute atomic E-state index is 12.7. The molecule has 0 aliphatic carbocycles. The number of hydrogen-bond donors (Lipinski definition) is 1. The molecule has 27 heavy (non-hydrogen) atoms. The van der Waals surface area contributed by atoms with Gasteiger partial charge in [-0.05, 0) is 55.0 Å². The molecule has 0 atom stereocenters. The maximum atomic E-state index is 12.7. The van der Waals surface area contributed by atoms with Crippen LogP contribution in [-0.4, -0.2) is 37.1 Å². The summed E-state index contributed by atoms with van der Waals surface area (Å²) in [5, 5.41) is 3.48. The number of nitrogens with one attached hydrogen (secondary N) is 1. The number of piperazine rings is 1. The molecule has 1 N–H and O–H groups in total. The van der Waals surface area contributed by atoms with Gasteiger partial charge in [0, 0.05) is 42.6 Å². The van der Waals surface area contributed by atoms with Crippen LogP contribution in [0.15, 0.2) is 42.5 Å². The van der Waals surface area contributed by atoms with E-state index >= 15 is 0 Å². The fourth-order valence-corrected chi connectivity index (χ4v) is 3.22. The first-order valence-electron chi connectivity index (χ1n) is 8.48. The van der Waals surface area contributed by atoms with Crippen LogP contribution < -0.4 is 10.2 Å². The molecule has 3 rings (SSSR count). The Bertz CT molecular complexity index is 816. The van der Waals surface area contributed by atoms with E-state index in [0.29, 0.717) is 36.9 Å². The quantitative estimate of drug-likeness (QED) is 0.772. The van der Waals surface area contributed by atoms with Crippen molar-refractivity contribution in [2.45, 2.75) is 13.1 Å². The first kappa shape index (κ1) is 19.4. The van der Waals surface area contributed by atoms with Crippen molar-refractivity contribution in [2.75, 3.05) is 36.4 Å². The van der Waals surface area contributed by atoms with E-state index < -0.39 is 11.7 Å². The van der Waals surface area contributed by atoms with Gasteiger partial charge in [-0.3, -0.25) is 0 Å². The van der Waals surface area contributed by atoms with Gasteiger partial charge in [0.25, 0.3) is 0 Å². The van der Waals surface area contributed by atoms with Crippen molar-refractivity contribution in [3.8, 4) is 0 Å². The van der Waals surface area contributed by atoms with E-state index in [4.69, 9.17) is 11.6 Å². The van der Waals surface area contributed by atoms with Crippen LogP contribution in [0.4, 0.5) is 29.3 Å². The smallest absolute Gasteiger partial charge is 0.368 e. The van der Waals surface area contributed by atoms with E-state index in [2.05, 4.69) is 5.32 Å². The van der Waals surface area contributed by atoms with Crippen LogP contribution in [0.2, 0.25) is 5.02 Å². The number of hydrogen-bond acceptors (Lipinski definition) is 2. The molecule has 0 bridgehead atoms. The van der Waals surface area contributed by atoms with Crippen molar-refractivity contribution in [3.63, 3.8) is 0 Å². The van der Waals surface area contributed by atoms with Crippen molar-refractivity contribution in [1.29, 1.82) is 0 Å². The molecule has 1 fully saturated rings. The molecule has 2 aromatic carbocycles. The summed E-state index contributed by atoms with van der Waals surface area (Å²) in [6, 6.07) is 10.1. The summed E-state index contributed by atoms with van der Waals surface area (Å²) in [7, 11) is 0. The molecule has 2 aromatic rings. The van der Waals surface area contributed by atoms with Gasteiger partial charge in [0.05, 0.1) is 5.56 Å². The van der Waals surface area contributed by atoms with Crippen LogP contribution in [0.5, 0.6) is 0 Å². The Morgan fingerprint density at radius 2 is 1.67 bits per heavy atom. The van der Waals surface area contributed by atoms with Crippen molar-refractivity contribution in [2.24, 2.45) is 0 Å². The van der Waals surface area contributed by atoms with Gasteiger partial charge in [-0.25, -0.2) is 4.79 Å². The third kappa shape index (κ3) is 4.66. The zero-order valence-electron chi connectivity index (χ0n) is 14.7. The summed E-state index contributed by atoms with van der Waals surface area (Å²) in [5.41, 5.74) is 1.63. The van der Waals surface area contributed by atoms with Crippen LogP contribution in [0.1, 0.15) is 11.1 Å². The van der Waals surface area contributed by atoms with Gasteiger partial charge in [-0.1, -0.05) is 11.6 Å². The average molecular weight is 398 g/mol. The fourth-order valence-electron chi connectivity index (χ4n) is 2.99. The van der Waals surface area contributed by atoms with E-state index in [9.17, 15) is 18.0 Å². The van der Waals surface area contributed by atoms with Gasteiger partial charge in [-0.2, -0.15) is 13.2 Å². The first-order chi connectivity index (χ1) is 12.7. The molecule has 1 aliphatic rings. The Kier molecular flexibility index (Phi) is 5.51. The van der Waals surface area contributed by atoms with Gasteiger partial charge >= 0.3 is 12.2 Å². The Hall–Kier alpha value is -2.41. The SMILES string of the molecule is Cc1cc(Cl)ccc1NC(=O)N1CCN(c2ccc(C(F)(F)F)cc2)CC1. The van der Waals surface area contributed by atoms with E-state index in [0.717, 1.165) is 23.4 Å². The molecular weight excluding hydrogens is 379 g/mol. The predicted molar refractivity (Wildman–Crippen MR) is 100 cm³/mol. The van der Waals surface area contributed by atoms with E-state index in [1.165, 1.54) is 12.1 Å². The molecule has 0 radical (unpaired) electrons. The van der Waals surface area contributed by atoms with Gasteiger partial charge in [0.1, 0.15) is 0 Å². The second-order valence-corrected chi connectivity index (χ2v) is 6.84. The number of carbonyl (C=O) groups is 1. The van der Waals surface area contributed by atoms with Crippen LogP contribution in [0.3, 0.4) is 0 Å². The van der Waals surface area contributed by atoms with E-state index in [1.807, 2.05) is 11.8 Å². The minimum Gasteiger partial charge on any atom is -0.368 e. The summed E-state index contributed by atoms with van der Waals surface area (Å²) in [6.07, 6.45) is -4.34. The summed E-state index contributed by atoms with van der Waals surface area (Å²) in [4.78, 5) is 16.1. The largest absolute Gasteiger partial charge is 0.416 e. The summed E-state index contributed by atoms with van der Waals surface area (Å²) < 4.78 is 38.0. The molecule has 2 amide bonds. The lowest BCUT2D eigenvalue weighted by molar-refractivity contribution is -0.137. The highest BCUT2D eigenvalue weighted by molar-refractivity contribution is 6.30. The maximum Gasteiger partial charge on any atom is 0.416 e. The third-order valence-corrected chi connectivity index (χ3v) is 4.79. The first-order valence-corrected chi connectivity index (χ1v) is 8.86. The van der Waals surface area contributed by atoms with Crippen molar-refractivity contribution in [1.82, 2.24) is 4.90 Å². The molecule has 144 valence electrons. The zero-order chi connectivity index (χ0) is 19.6. The van der Waals surface area contributed by atoms with Gasteiger partial charge in [0.15, 0.2) is 0 Å². The number of rotatable bonds is 2. The second kappa shape index (κ2) is 7.68. The topological polar surface area (TPSA) is 35.6 Å². The molecule has 0 spiro atoms. The molecule has 0 saturated carbocycles. The molecule has 1 saturated heterocycles. The number of anilines is 2. The fraction of sp³-hybridized carbons (Fsp3) is 0.316. The number of amides is 2. The highest BCUT2D eigenvalue weighted by Gasteiger charge is 2.30. The second-order valence-electron chi connectivity index (χ2n) is 6.41. The summed E-state index contributed by atoms with van der Waals surface area (Å²) in [5.74, 6) is 0. The monoisotopic (exact) mass is 397 g/mol. The minimum atomic E-state index is -4.34. The Labute approximate surface area is 160 Å². The van der Waals surface area contributed by atoms with Crippen molar-refractivity contribution >= 4 is 29.0 Å². The number of urea groups is 1. The summed E-state index contributed by atoms with van der Waals surface area (Å²) >= 11 is 5.92. The molecule has 4 nitrogen and oxygen atoms in total. The van der Waals surface area contributed by atoms with Gasteiger partial charge in [-0.15, -0.1) is 0 Å². The van der Waals surface area contributed by atoms with Crippen LogP contribution >= 0.6 is 11.6 Å². The molecule has 8 heteroatoms. The van der Waals surface area contributed by atoms with E-state index in [-0.39, 0.29) is 6.03 Å². The van der Waals surface area contributed by atoms with Crippen molar-refractivity contribution < 1.29 is 18.0 Å².